The van der Waals surface area contributed by atoms with Crippen molar-refractivity contribution >= 4 is 12.1 Å². The van der Waals surface area contributed by atoms with Gasteiger partial charge in [-0.1, -0.05) is 0 Å². The van der Waals surface area contributed by atoms with E-state index >= 15 is 0 Å². The van der Waals surface area contributed by atoms with Crippen LogP contribution in [-0.4, -0.2) is 31.7 Å². The highest BCUT2D eigenvalue weighted by atomic mass is 19.3. The van der Waals surface area contributed by atoms with Crippen LogP contribution in [0, 0.1) is 12.9 Å². The Hall–Kier alpha value is -2.65. The number of rotatable bonds is 6. The number of aromatic nitrogens is 4. The Kier molecular flexibility index (Phi) is 5.14. The molecule has 0 aromatic carbocycles. The summed E-state index contributed by atoms with van der Waals surface area (Å²) in [4.78, 5) is 11.7. The van der Waals surface area contributed by atoms with Crippen molar-refractivity contribution in [2.45, 2.75) is 33.4 Å². The van der Waals surface area contributed by atoms with Gasteiger partial charge in [-0.2, -0.15) is 19.7 Å². The Morgan fingerprint density at radius 2 is 2.22 bits per heavy atom. The molecule has 0 aliphatic heterocycles. The van der Waals surface area contributed by atoms with E-state index in [1.54, 1.807) is 13.8 Å². The first-order valence-electron chi connectivity index (χ1n) is 6.78. The Morgan fingerprint density at radius 1 is 1.48 bits per heavy atom. The van der Waals surface area contributed by atoms with Gasteiger partial charge in [0, 0.05) is 12.2 Å². The highest BCUT2D eigenvalue weighted by Gasteiger charge is 2.15. The van der Waals surface area contributed by atoms with E-state index in [9.17, 15) is 18.0 Å². The van der Waals surface area contributed by atoms with E-state index in [-0.39, 0.29) is 12.1 Å². The first kappa shape index (κ1) is 16.7. The van der Waals surface area contributed by atoms with E-state index in [2.05, 4.69) is 20.7 Å². The van der Waals surface area contributed by atoms with Crippen LogP contribution in [0.4, 0.5) is 13.2 Å². The van der Waals surface area contributed by atoms with Crippen molar-refractivity contribution in [1.29, 1.82) is 0 Å². The van der Waals surface area contributed by atoms with Crippen molar-refractivity contribution in [3.63, 3.8) is 0 Å². The zero-order valence-electron chi connectivity index (χ0n) is 12.5. The highest BCUT2D eigenvalue weighted by molar-refractivity contribution is 5.82. The summed E-state index contributed by atoms with van der Waals surface area (Å²) in [5, 5.41) is 11.0. The van der Waals surface area contributed by atoms with E-state index < -0.39 is 24.0 Å². The highest BCUT2D eigenvalue weighted by Crippen LogP contribution is 2.17. The van der Waals surface area contributed by atoms with Crippen molar-refractivity contribution < 1.29 is 18.0 Å². The third kappa shape index (κ3) is 3.96. The van der Waals surface area contributed by atoms with Crippen LogP contribution < -0.4 is 5.43 Å². The predicted octanol–water partition coefficient (Wildman–Crippen LogP) is 1.63. The number of carbonyl (C=O) groups is 1. The molecule has 1 amide bonds. The summed E-state index contributed by atoms with van der Waals surface area (Å²) in [7, 11) is 0. The van der Waals surface area contributed by atoms with Gasteiger partial charge in [-0.3, -0.25) is 9.48 Å². The molecule has 0 saturated carbocycles. The van der Waals surface area contributed by atoms with Gasteiger partial charge in [-0.05, 0) is 19.9 Å². The molecule has 0 bridgehead atoms. The fourth-order valence-corrected chi connectivity index (χ4v) is 1.84. The molecule has 2 aromatic heterocycles. The van der Waals surface area contributed by atoms with Crippen LogP contribution in [0.3, 0.4) is 0 Å². The van der Waals surface area contributed by atoms with E-state index in [0.717, 1.165) is 15.6 Å². The van der Waals surface area contributed by atoms with Gasteiger partial charge < -0.3 is 0 Å². The molecule has 0 atom stereocenters. The third-order valence-corrected chi connectivity index (χ3v) is 3.01. The summed E-state index contributed by atoms with van der Waals surface area (Å²) in [6, 6.07) is 1.20. The van der Waals surface area contributed by atoms with E-state index in [4.69, 9.17) is 0 Å². The lowest BCUT2D eigenvalue weighted by Crippen LogP contribution is -2.24. The normalized spacial score (nSPS) is 11.6. The van der Waals surface area contributed by atoms with Gasteiger partial charge in [0.25, 0.3) is 12.3 Å². The molecule has 1 N–H and O–H groups in total. The minimum Gasteiger partial charge on any atom is -0.271 e. The topological polar surface area (TPSA) is 77.1 Å². The summed E-state index contributed by atoms with van der Waals surface area (Å²) < 4.78 is 41.0. The molecule has 2 aromatic rings. The molecule has 0 unspecified atom stereocenters. The number of aryl methyl sites for hydroxylation is 2. The lowest BCUT2D eigenvalue weighted by Gasteiger charge is -2.02. The van der Waals surface area contributed by atoms with Crippen LogP contribution in [0.1, 0.15) is 30.3 Å². The zero-order valence-corrected chi connectivity index (χ0v) is 12.5. The summed E-state index contributed by atoms with van der Waals surface area (Å²) in [5.74, 6) is -1.13. The minimum atomic E-state index is -2.70. The fourth-order valence-electron chi connectivity index (χ4n) is 1.84. The van der Waals surface area contributed by atoms with Crippen LogP contribution >= 0.6 is 0 Å². The van der Waals surface area contributed by atoms with Crippen LogP contribution in [0.25, 0.3) is 0 Å². The molecular weight excluding hydrogens is 313 g/mol. The summed E-state index contributed by atoms with van der Waals surface area (Å²) in [6.45, 7) is 3.40. The van der Waals surface area contributed by atoms with Crippen molar-refractivity contribution in [2.24, 2.45) is 5.10 Å². The van der Waals surface area contributed by atoms with Gasteiger partial charge >= 0.3 is 0 Å². The molecule has 2 heterocycles. The SMILES string of the molecule is CCn1ncc(/C=N\NC(=O)Cn2nc(C(F)F)cc2C)c1F. The minimum absolute atomic E-state index is 0.127. The van der Waals surface area contributed by atoms with E-state index in [1.165, 1.54) is 12.3 Å². The molecule has 0 aliphatic rings. The second-order valence-corrected chi connectivity index (χ2v) is 4.67. The molecular formula is C13H15F3N6O. The van der Waals surface area contributed by atoms with E-state index in [1.807, 2.05) is 0 Å². The van der Waals surface area contributed by atoms with Crippen LogP contribution in [0.2, 0.25) is 0 Å². The monoisotopic (exact) mass is 328 g/mol. The lowest BCUT2D eigenvalue weighted by atomic mass is 10.4. The number of nitrogens with zero attached hydrogens (tertiary/aromatic N) is 5. The van der Waals surface area contributed by atoms with Crippen LogP contribution in [-0.2, 0) is 17.9 Å². The van der Waals surface area contributed by atoms with Gasteiger partial charge in [0.15, 0.2) is 0 Å². The predicted molar refractivity (Wildman–Crippen MR) is 75.5 cm³/mol. The Balaban J connectivity index is 1.94. The average Bonchev–Trinajstić information content (AvgIpc) is 3.03. The van der Waals surface area contributed by atoms with Crippen LogP contribution in [0.15, 0.2) is 17.4 Å². The first-order valence-corrected chi connectivity index (χ1v) is 6.78. The third-order valence-electron chi connectivity index (χ3n) is 3.01. The van der Waals surface area contributed by atoms with Gasteiger partial charge in [0.1, 0.15) is 12.2 Å². The number of hydrogen-bond donors (Lipinski definition) is 1. The summed E-state index contributed by atoms with van der Waals surface area (Å²) in [5.41, 5.74) is 2.34. The van der Waals surface area contributed by atoms with Crippen molar-refractivity contribution in [2.75, 3.05) is 0 Å². The van der Waals surface area contributed by atoms with Gasteiger partial charge in [-0.25, -0.2) is 18.9 Å². The Bertz CT molecular complexity index is 721. The lowest BCUT2D eigenvalue weighted by molar-refractivity contribution is -0.121. The maximum absolute atomic E-state index is 13.6. The second kappa shape index (κ2) is 7.07. The standard InChI is InChI=1S/C13H15F3N6O/c1-3-21-13(16)9(6-18-21)5-17-19-11(23)7-22-8(2)4-10(20-22)12(14)15/h4-6,12H,3,7H2,1-2H3,(H,19,23)/b17-5-. The molecule has 0 saturated heterocycles. The number of halogens is 3. The van der Waals surface area contributed by atoms with Crippen molar-refractivity contribution in [1.82, 2.24) is 25.0 Å². The van der Waals surface area contributed by atoms with E-state index in [0.29, 0.717) is 12.2 Å². The molecule has 2 rings (SSSR count). The maximum Gasteiger partial charge on any atom is 0.282 e. The molecule has 0 aliphatic carbocycles. The zero-order chi connectivity index (χ0) is 17.0. The van der Waals surface area contributed by atoms with Gasteiger partial charge in [0.05, 0.1) is 18.0 Å². The Labute approximate surface area is 129 Å². The summed E-state index contributed by atoms with van der Waals surface area (Å²) >= 11 is 0. The quantitative estimate of drug-likeness (QED) is 0.647. The molecule has 124 valence electrons. The number of nitrogens with one attached hydrogen (secondary N) is 1. The van der Waals surface area contributed by atoms with Crippen molar-refractivity contribution in [3.05, 3.63) is 35.2 Å². The second-order valence-electron chi connectivity index (χ2n) is 4.67. The molecule has 0 radical (unpaired) electrons. The Morgan fingerprint density at radius 3 is 2.78 bits per heavy atom. The molecule has 0 fully saturated rings. The number of carbonyl (C=O) groups excluding carboxylic acids is 1. The number of amides is 1. The smallest absolute Gasteiger partial charge is 0.271 e. The molecule has 10 heteroatoms. The maximum atomic E-state index is 13.6. The number of hydrogen-bond acceptors (Lipinski definition) is 4. The first-order chi connectivity index (χ1) is 10.9. The fraction of sp³-hybridized carbons (Fsp3) is 0.385. The number of alkyl halides is 2. The van der Waals surface area contributed by atoms with Gasteiger partial charge in [0.2, 0.25) is 5.95 Å². The van der Waals surface area contributed by atoms with Crippen LogP contribution in [0.5, 0.6) is 0 Å². The molecule has 7 nitrogen and oxygen atoms in total. The molecule has 23 heavy (non-hydrogen) atoms. The van der Waals surface area contributed by atoms with Crippen molar-refractivity contribution in [3.8, 4) is 0 Å². The largest absolute Gasteiger partial charge is 0.282 e. The van der Waals surface area contributed by atoms with Gasteiger partial charge in [-0.15, -0.1) is 0 Å². The molecule has 0 spiro atoms. The average molecular weight is 328 g/mol. The number of hydrazone groups is 1. The summed E-state index contributed by atoms with van der Waals surface area (Å²) in [6.07, 6.45) is -0.303.